The van der Waals surface area contributed by atoms with Gasteiger partial charge in [0.2, 0.25) is 0 Å². The highest BCUT2D eigenvalue weighted by molar-refractivity contribution is 5.82. The molecule has 0 bridgehead atoms. The third-order valence-electron chi connectivity index (χ3n) is 1.89. The summed E-state index contributed by atoms with van der Waals surface area (Å²) in [4.78, 5) is 7.07. The average Bonchev–Trinajstić information content (AvgIpc) is 2.52. The lowest BCUT2D eigenvalue weighted by molar-refractivity contribution is 1.27. The van der Waals surface area contributed by atoms with Crippen molar-refractivity contribution < 1.29 is 0 Å². The number of H-pyrrole nitrogens is 1. The maximum atomic E-state index is 8.58. The Balaban J connectivity index is 2.71. The van der Waals surface area contributed by atoms with E-state index in [0.717, 1.165) is 16.6 Å². The second-order valence-corrected chi connectivity index (χ2v) is 2.81. The van der Waals surface area contributed by atoms with Gasteiger partial charge in [0.25, 0.3) is 0 Å². The first-order valence-electron chi connectivity index (χ1n) is 3.89. The minimum absolute atomic E-state index is 0.340. The zero-order chi connectivity index (χ0) is 9.26. The third-order valence-corrected chi connectivity index (χ3v) is 1.89. The Kier molecular flexibility index (Phi) is 1.64. The first-order valence-corrected chi connectivity index (χ1v) is 3.89. The first-order chi connectivity index (χ1) is 6.31. The van der Waals surface area contributed by atoms with E-state index in [1.54, 1.807) is 12.4 Å². The summed E-state index contributed by atoms with van der Waals surface area (Å²) < 4.78 is 0. The van der Waals surface area contributed by atoms with Gasteiger partial charge in [0.05, 0.1) is 29.9 Å². The van der Waals surface area contributed by atoms with Gasteiger partial charge in [-0.15, -0.1) is 0 Å². The van der Waals surface area contributed by atoms with Gasteiger partial charge in [0.15, 0.2) is 0 Å². The average molecular weight is 172 g/mol. The molecule has 0 unspecified atom stereocenters. The van der Waals surface area contributed by atoms with Crippen molar-refractivity contribution >= 4 is 16.7 Å². The van der Waals surface area contributed by atoms with E-state index in [9.17, 15) is 0 Å². The van der Waals surface area contributed by atoms with Crippen LogP contribution in [-0.4, -0.2) is 9.97 Å². The van der Waals surface area contributed by atoms with Crippen molar-refractivity contribution in [3.05, 3.63) is 24.0 Å². The summed E-state index contributed by atoms with van der Waals surface area (Å²) in [6.45, 7) is 0. The molecule has 0 fully saturated rings. The van der Waals surface area contributed by atoms with Gasteiger partial charge in [0.1, 0.15) is 0 Å². The van der Waals surface area contributed by atoms with E-state index in [2.05, 4.69) is 16.0 Å². The molecule has 1 heterocycles. The second-order valence-electron chi connectivity index (χ2n) is 2.81. The van der Waals surface area contributed by atoms with Crippen LogP contribution in [0.1, 0.15) is 5.56 Å². The number of hydrogen-bond donors (Lipinski definition) is 2. The van der Waals surface area contributed by atoms with Crippen molar-refractivity contribution in [2.75, 3.05) is 5.73 Å². The van der Waals surface area contributed by atoms with Crippen molar-refractivity contribution in [1.82, 2.24) is 9.97 Å². The Bertz CT molecular complexity index is 478. The zero-order valence-corrected chi connectivity index (χ0v) is 6.91. The molecule has 64 valence electrons. The molecule has 0 amide bonds. The highest BCUT2D eigenvalue weighted by Crippen LogP contribution is 2.19. The lowest BCUT2D eigenvalue weighted by Crippen LogP contribution is -1.90. The van der Waals surface area contributed by atoms with Crippen LogP contribution in [0.3, 0.4) is 0 Å². The predicted octanol–water partition coefficient (Wildman–Crippen LogP) is 1.21. The van der Waals surface area contributed by atoms with Crippen LogP contribution < -0.4 is 5.73 Å². The number of nitriles is 1. The second kappa shape index (κ2) is 2.79. The fourth-order valence-corrected chi connectivity index (χ4v) is 1.37. The van der Waals surface area contributed by atoms with E-state index in [1.165, 1.54) is 0 Å². The van der Waals surface area contributed by atoms with Gasteiger partial charge in [-0.3, -0.25) is 0 Å². The fourth-order valence-electron chi connectivity index (χ4n) is 1.37. The molecular weight excluding hydrogens is 164 g/mol. The standard InChI is InChI=1S/C9H8N4/c10-2-1-6-3-7(11)4-8-9(6)13-5-12-8/h3-5H,1,11H2,(H,12,13). The normalized spacial score (nSPS) is 10.1. The number of rotatable bonds is 1. The number of fused-ring (bicyclic) bond motifs is 1. The molecule has 1 aromatic carbocycles. The summed E-state index contributed by atoms with van der Waals surface area (Å²) in [5, 5.41) is 8.58. The van der Waals surface area contributed by atoms with Gasteiger partial charge >= 0.3 is 0 Å². The number of benzene rings is 1. The van der Waals surface area contributed by atoms with E-state index >= 15 is 0 Å². The number of nitrogens with one attached hydrogen (secondary N) is 1. The molecule has 13 heavy (non-hydrogen) atoms. The Morgan fingerprint density at radius 1 is 1.54 bits per heavy atom. The number of hydrogen-bond acceptors (Lipinski definition) is 3. The Hall–Kier alpha value is -2.02. The van der Waals surface area contributed by atoms with Crippen molar-refractivity contribution in [3.63, 3.8) is 0 Å². The largest absolute Gasteiger partial charge is 0.399 e. The molecule has 0 radical (unpaired) electrons. The first kappa shape index (κ1) is 7.62. The van der Waals surface area contributed by atoms with Crippen molar-refractivity contribution in [3.8, 4) is 6.07 Å². The molecule has 1 aromatic heterocycles. The topological polar surface area (TPSA) is 78.5 Å². The number of imidazole rings is 1. The summed E-state index contributed by atoms with van der Waals surface area (Å²) in [5.41, 5.74) is 8.89. The Labute approximate surface area is 75.0 Å². The molecule has 0 saturated carbocycles. The smallest absolute Gasteiger partial charge is 0.0932 e. The lowest BCUT2D eigenvalue weighted by atomic mass is 10.1. The number of nitrogens with two attached hydrogens (primary N) is 1. The number of nitrogen functional groups attached to an aromatic ring is 1. The van der Waals surface area contributed by atoms with E-state index < -0.39 is 0 Å². The van der Waals surface area contributed by atoms with E-state index in [1.807, 2.05) is 6.07 Å². The molecule has 0 atom stereocenters. The molecule has 3 N–H and O–H groups in total. The lowest BCUT2D eigenvalue weighted by Gasteiger charge is -1.98. The number of aromatic nitrogens is 2. The van der Waals surface area contributed by atoms with Gasteiger partial charge in [-0.25, -0.2) is 4.98 Å². The maximum Gasteiger partial charge on any atom is 0.0932 e. The molecule has 2 aromatic rings. The summed E-state index contributed by atoms with van der Waals surface area (Å²) in [6, 6.07) is 5.68. The maximum absolute atomic E-state index is 8.58. The van der Waals surface area contributed by atoms with Crippen molar-refractivity contribution in [2.24, 2.45) is 0 Å². The fraction of sp³-hybridized carbons (Fsp3) is 0.111. The van der Waals surface area contributed by atoms with Crippen LogP contribution in [0.4, 0.5) is 5.69 Å². The molecular formula is C9H8N4. The van der Waals surface area contributed by atoms with Crippen molar-refractivity contribution in [1.29, 1.82) is 5.26 Å². The van der Waals surface area contributed by atoms with Crippen LogP contribution >= 0.6 is 0 Å². The van der Waals surface area contributed by atoms with Gasteiger partial charge in [-0.2, -0.15) is 5.26 Å². The molecule has 0 spiro atoms. The highest BCUT2D eigenvalue weighted by atomic mass is 14.9. The third kappa shape index (κ3) is 1.20. The summed E-state index contributed by atoms with van der Waals surface area (Å²) in [7, 11) is 0. The quantitative estimate of drug-likeness (QED) is 0.634. The minimum atomic E-state index is 0.340. The molecule has 0 saturated heterocycles. The van der Waals surface area contributed by atoms with Gasteiger partial charge in [0, 0.05) is 5.69 Å². The van der Waals surface area contributed by atoms with Crippen molar-refractivity contribution in [2.45, 2.75) is 6.42 Å². The van der Waals surface area contributed by atoms with Crippen LogP contribution in [0.2, 0.25) is 0 Å². The van der Waals surface area contributed by atoms with Crippen LogP contribution in [0, 0.1) is 11.3 Å². The predicted molar refractivity (Wildman–Crippen MR) is 49.8 cm³/mol. The van der Waals surface area contributed by atoms with Crippen LogP contribution in [-0.2, 0) is 6.42 Å². The van der Waals surface area contributed by atoms with E-state index in [0.29, 0.717) is 12.1 Å². The SMILES string of the molecule is N#CCc1cc(N)cc2[nH]cnc12. The molecule has 0 aliphatic heterocycles. The van der Waals surface area contributed by atoms with Crippen LogP contribution in [0.5, 0.6) is 0 Å². The summed E-state index contributed by atoms with van der Waals surface area (Å²) in [5.74, 6) is 0. The molecule has 2 rings (SSSR count). The van der Waals surface area contributed by atoms with Gasteiger partial charge < -0.3 is 10.7 Å². The molecule has 4 heteroatoms. The molecule has 0 aliphatic rings. The molecule has 0 aliphatic carbocycles. The number of anilines is 1. The monoisotopic (exact) mass is 172 g/mol. The Morgan fingerprint density at radius 2 is 2.38 bits per heavy atom. The number of nitrogens with zero attached hydrogens (tertiary/aromatic N) is 2. The zero-order valence-electron chi connectivity index (χ0n) is 6.91. The van der Waals surface area contributed by atoms with Crippen LogP contribution in [0.25, 0.3) is 11.0 Å². The highest BCUT2D eigenvalue weighted by Gasteiger charge is 2.04. The van der Waals surface area contributed by atoms with E-state index in [-0.39, 0.29) is 0 Å². The van der Waals surface area contributed by atoms with E-state index in [4.69, 9.17) is 11.0 Å². The van der Waals surface area contributed by atoms with Gasteiger partial charge in [-0.1, -0.05) is 0 Å². The summed E-state index contributed by atoms with van der Waals surface area (Å²) in [6.07, 6.45) is 1.94. The minimum Gasteiger partial charge on any atom is -0.399 e. The number of aromatic amines is 1. The van der Waals surface area contributed by atoms with Gasteiger partial charge in [-0.05, 0) is 17.7 Å². The summed E-state index contributed by atoms with van der Waals surface area (Å²) >= 11 is 0. The Morgan fingerprint density at radius 3 is 3.15 bits per heavy atom. The van der Waals surface area contributed by atoms with Crippen LogP contribution in [0.15, 0.2) is 18.5 Å². The molecule has 4 nitrogen and oxygen atoms in total.